The summed E-state index contributed by atoms with van der Waals surface area (Å²) in [5.74, 6) is -1.52. The molecule has 1 N–H and O–H groups in total. The minimum Gasteiger partial charge on any atom is -0.481 e. The van der Waals surface area contributed by atoms with Crippen LogP contribution in [0, 0.1) is 18.7 Å². The van der Waals surface area contributed by atoms with Gasteiger partial charge in [0.2, 0.25) is 0 Å². The number of benzene rings is 1. The van der Waals surface area contributed by atoms with Crippen LogP contribution in [0.2, 0.25) is 5.02 Å². The van der Waals surface area contributed by atoms with Gasteiger partial charge in [-0.1, -0.05) is 17.7 Å². The molecule has 1 aromatic heterocycles. The minimum absolute atomic E-state index is 0.251. The van der Waals surface area contributed by atoms with Crippen molar-refractivity contribution in [2.45, 2.75) is 58.2 Å². The number of hydrogen-bond donors (Lipinski definition) is 1. The van der Waals surface area contributed by atoms with Crippen molar-refractivity contribution in [3.63, 3.8) is 0 Å². The Kier molecular flexibility index (Phi) is 6.18. The summed E-state index contributed by atoms with van der Waals surface area (Å²) < 4.78 is 21.7. The van der Waals surface area contributed by atoms with Gasteiger partial charge in [0, 0.05) is 17.1 Å². The van der Waals surface area contributed by atoms with Gasteiger partial charge >= 0.3 is 12.1 Å². The molecule has 166 valence electrons. The zero-order valence-corrected chi connectivity index (χ0v) is 18.1. The molecule has 1 aliphatic carbocycles. The smallest absolute Gasteiger partial charge is 0.410 e. The van der Waals surface area contributed by atoms with E-state index >= 15 is 0 Å². The van der Waals surface area contributed by atoms with Gasteiger partial charge in [-0.05, 0) is 56.7 Å². The number of carboxylic acids is 1. The maximum Gasteiger partial charge on any atom is 0.410 e. The molecule has 2 aliphatic rings. The van der Waals surface area contributed by atoms with Gasteiger partial charge in [-0.3, -0.25) is 9.48 Å². The number of carbonyl (C=O) groups excluding carboxylic acids is 1. The molecule has 0 radical (unpaired) electrons. The highest BCUT2D eigenvalue weighted by Gasteiger charge is 2.31. The van der Waals surface area contributed by atoms with Crippen LogP contribution >= 0.6 is 11.6 Å². The lowest BCUT2D eigenvalue weighted by Crippen LogP contribution is -2.39. The molecule has 1 aliphatic heterocycles. The number of rotatable bonds is 4. The number of hydrogen-bond acceptors (Lipinski definition) is 4. The maximum absolute atomic E-state index is 14.3. The number of aromatic nitrogens is 2. The molecule has 9 heteroatoms. The Bertz CT molecular complexity index is 1000. The highest BCUT2D eigenvalue weighted by molar-refractivity contribution is 6.30. The van der Waals surface area contributed by atoms with Crippen LogP contribution < -0.4 is 0 Å². The van der Waals surface area contributed by atoms with Crippen LogP contribution in [0.5, 0.6) is 0 Å². The molecule has 0 spiro atoms. The predicted molar refractivity (Wildman–Crippen MR) is 111 cm³/mol. The molecule has 1 amide bonds. The van der Waals surface area contributed by atoms with Crippen molar-refractivity contribution in [2.75, 3.05) is 6.54 Å². The zero-order chi connectivity index (χ0) is 22.1. The first kappa shape index (κ1) is 21.6. The van der Waals surface area contributed by atoms with Crippen molar-refractivity contribution < 1.29 is 23.8 Å². The summed E-state index contributed by atoms with van der Waals surface area (Å²) in [6.45, 7) is 3.04. The third kappa shape index (κ3) is 4.69. The molecule has 2 heterocycles. The summed E-state index contributed by atoms with van der Waals surface area (Å²) in [6, 6.07) is 4.57. The summed E-state index contributed by atoms with van der Waals surface area (Å²) in [6.07, 6.45) is 2.19. The topological polar surface area (TPSA) is 84.7 Å². The average Bonchev–Trinajstić information content (AvgIpc) is 3.05. The van der Waals surface area contributed by atoms with Crippen molar-refractivity contribution in [1.29, 1.82) is 0 Å². The van der Waals surface area contributed by atoms with Crippen LogP contribution in [0.1, 0.15) is 48.2 Å². The molecular weight excluding hydrogens is 425 g/mol. The summed E-state index contributed by atoms with van der Waals surface area (Å²) in [5, 5.41) is 14.0. The fourth-order valence-corrected chi connectivity index (χ4v) is 4.58. The van der Waals surface area contributed by atoms with Crippen molar-refractivity contribution >= 4 is 23.7 Å². The van der Waals surface area contributed by atoms with Gasteiger partial charge in [0.15, 0.2) is 0 Å². The highest BCUT2D eigenvalue weighted by atomic mass is 35.5. The van der Waals surface area contributed by atoms with Crippen LogP contribution in [0.25, 0.3) is 0 Å². The van der Waals surface area contributed by atoms with Gasteiger partial charge in [0.25, 0.3) is 0 Å². The number of aryl methyl sites for hydroxylation is 1. The van der Waals surface area contributed by atoms with Crippen molar-refractivity contribution in [3.8, 4) is 0 Å². The van der Waals surface area contributed by atoms with Gasteiger partial charge < -0.3 is 14.7 Å². The first-order valence-corrected chi connectivity index (χ1v) is 10.9. The van der Waals surface area contributed by atoms with Crippen molar-refractivity contribution in [1.82, 2.24) is 14.7 Å². The van der Waals surface area contributed by atoms with E-state index in [0.29, 0.717) is 55.8 Å². The summed E-state index contributed by atoms with van der Waals surface area (Å²) in [5.41, 5.74) is 3.32. The van der Waals surface area contributed by atoms with E-state index in [1.54, 1.807) is 21.7 Å². The number of carboxylic acid groups (broad SMARTS) is 1. The van der Waals surface area contributed by atoms with Crippen molar-refractivity contribution in [3.05, 3.63) is 51.6 Å². The molecule has 1 fully saturated rings. The van der Waals surface area contributed by atoms with Crippen LogP contribution in [0.3, 0.4) is 0 Å². The average molecular weight is 450 g/mol. The number of nitrogens with zero attached hydrogens (tertiary/aromatic N) is 3. The molecule has 1 aromatic carbocycles. The van der Waals surface area contributed by atoms with Crippen molar-refractivity contribution in [2.24, 2.45) is 5.92 Å². The molecule has 0 atom stereocenters. The minimum atomic E-state index is -0.783. The van der Waals surface area contributed by atoms with Gasteiger partial charge in [0.05, 0.1) is 30.4 Å². The summed E-state index contributed by atoms with van der Waals surface area (Å²) >= 11 is 5.85. The second kappa shape index (κ2) is 8.86. The quantitative estimate of drug-likeness (QED) is 0.757. The molecular formula is C22H25ClFN3O4. The lowest BCUT2D eigenvalue weighted by Gasteiger charge is -2.31. The molecule has 0 bridgehead atoms. The molecule has 7 nitrogen and oxygen atoms in total. The molecule has 4 rings (SSSR count). The Hall–Kier alpha value is -2.61. The third-order valence-corrected chi connectivity index (χ3v) is 6.46. The Morgan fingerprint density at radius 1 is 1.29 bits per heavy atom. The second-order valence-corrected chi connectivity index (χ2v) is 8.71. The standard InChI is InChI=1S/C22H25ClFN3O4/c1-13-18-8-9-26(22(30)31-17-6-3-14(4-7-17)21(28)29)12-20(18)27(25-13)11-15-2-5-16(23)10-19(15)24/h2,5,10,14,17H,3-4,6-9,11-12H2,1H3,(H,28,29). The van der Waals surface area contributed by atoms with Crippen LogP contribution in [-0.2, 0) is 29.0 Å². The van der Waals surface area contributed by atoms with Gasteiger partial charge in [0.1, 0.15) is 11.9 Å². The number of ether oxygens (including phenoxy) is 1. The SMILES string of the molecule is Cc1nn(Cc2ccc(Cl)cc2F)c2c1CCN(C(=O)OC1CCC(C(=O)O)CC1)C2. The largest absolute Gasteiger partial charge is 0.481 e. The number of carbonyl (C=O) groups is 2. The molecule has 2 aromatic rings. The molecule has 0 unspecified atom stereocenters. The lowest BCUT2D eigenvalue weighted by molar-refractivity contribution is -0.143. The monoisotopic (exact) mass is 449 g/mol. The number of amides is 1. The molecule has 0 saturated heterocycles. The Morgan fingerprint density at radius 3 is 2.71 bits per heavy atom. The van der Waals surface area contributed by atoms with E-state index in [9.17, 15) is 14.0 Å². The fourth-order valence-electron chi connectivity index (χ4n) is 4.42. The Labute approximate surface area is 184 Å². The summed E-state index contributed by atoms with van der Waals surface area (Å²) in [4.78, 5) is 25.5. The van der Waals surface area contributed by atoms with Gasteiger partial charge in [-0.2, -0.15) is 5.10 Å². The highest BCUT2D eigenvalue weighted by Crippen LogP contribution is 2.28. The van der Waals surface area contributed by atoms with E-state index in [1.807, 2.05) is 6.92 Å². The van der Waals surface area contributed by atoms with Crippen LogP contribution in [0.4, 0.5) is 9.18 Å². The van der Waals surface area contributed by atoms with Crippen LogP contribution in [0.15, 0.2) is 18.2 Å². The van der Waals surface area contributed by atoms with Gasteiger partial charge in [-0.25, -0.2) is 9.18 Å². The summed E-state index contributed by atoms with van der Waals surface area (Å²) in [7, 11) is 0. The Morgan fingerprint density at radius 2 is 2.03 bits per heavy atom. The number of halogens is 2. The van der Waals surface area contributed by atoms with E-state index in [4.69, 9.17) is 21.4 Å². The van der Waals surface area contributed by atoms with E-state index in [-0.39, 0.29) is 18.6 Å². The fraction of sp³-hybridized carbons (Fsp3) is 0.500. The normalized spacial score (nSPS) is 20.9. The Balaban J connectivity index is 1.43. The molecule has 31 heavy (non-hydrogen) atoms. The van der Waals surface area contributed by atoms with Gasteiger partial charge in [-0.15, -0.1) is 0 Å². The lowest BCUT2D eigenvalue weighted by atomic mass is 9.87. The first-order valence-electron chi connectivity index (χ1n) is 10.5. The van der Waals surface area contributed by atoms with E-state index in [1.165, 1.54) is 6.07 Å². The van der Waals surface area contributed by atoms with E-state index < -0.39 is 17.9 Å². The maximum atomic E-state index is 14.3. The number of fused-ring (bicyclic) bond motifs is 1. The second-order valence-electron chi connectivity index (χ2n) is 8.27. The van der Waals surface area contributed by atoms with E-state index in [0.717, 1.165) is 17.0 Å². The van der Waals surface area contributed by atoms with Crippen LogP contribution in [-0.4, -0.2) is 44.5 Å². The molecule has 1 saturated carbocycles. The zero-order valence-electron chi connectivity index (χ0n) is 17.3. The van der Waals surface area contributed by atoms with E-state index in [2.05, 4.69) is 5.10 Å². The number of aliphatic carboxylic acids is 1. The first-order chi connectivity index (χ1) is 14.8. The third-order valence-electron chi connectivity index (χ3n) is 6.22. The predicted octanol–water partition coefficient (Wildman–Crippen LogP) is 4.17.